The average molecular weight is 235 g/mol. The van der Waals surface area contributed by atoms with Gasteiger partial charge in [0.15, 0.2) is 0 Å². The molecule has 86 valence electrons. The molecule has 5 heteroatoms. The molecule has 0 amide bonds. The Hall–Kier alpha value is -2.87. The molecule has 0 fully saturated rings. The maximum absolute atomic E-state index is 8.85. The Labute approximate surface area is 103 Å². The lowest BCUT2D eigenvalue weighted by molar-refractivity contribution is 1.03. The highest BCUT2D eigenvalue weighted by atomic mass is 15.1. The minimum Gasteiger partial charge on any atom is -0.385 e. The Bertz CT molecular complexity index is 752. The molecular formula is C13H9N5. The van der Waals surface area contributed by atoms with Gasteiger partial charge in [-0.15, -0.1) is 0 Å². The van der Waals surface area contributed by atoms with Crippen LogP contribution in [0.25, 0.3) is 16.9 Å². The molecule has 0 saturated heterocycles. The van der Waals surface area contributed by atoms with Crippen molar-refractivity contribution in [3.8, 4) is 11.9 Å². The van der Waals surface area contributed by atoms with Gasteiger partial charge in [0.05, 0.1) is 5.56 Å². The van der Waals surface area contributed by atoms with Crippen LogP contribution in [0.4, 0.5) is 5.82 Å². The molecule has 0 aromatic carbocycles. The molecule has 0 saturated carbocycles. The van der Waals surface area contributed by atoms with Crippen molar-refractivity contribution in [2.45, 2.75) is 0 Å². The Morgan fingerprint density at radius 2 is 2.11 bits per heavy atom. The molecule has 5 nitrogen and oxygen atoms in total. The number of hydrogen-bond acceptors (Lipinski definition) is 4. The predicted molar refractivity (Wildman–Crippen MR) is 68.0 cm³/mol. The van der Waals surface area contributed by atoms with Crippen LogP contribution >= 0.6 is 0 Å². The number of pyridine rings is 2. The van der Waals surface area contributed by atoms with Crippen LogP contribution < -0.4 is 5.73 Å². The highest BCUT2D eigenvalue weighted by Crippen LogP contribution is 2.23. The van der Waals surface area contributed by atoms with E-state index in [4.69, 9.17) is 11.0 Å². The zero-order chi connectivity index (χ0) is 12.5. The lowest BCUT2D eigenvalue weighted by Crippen LogP contribution is -2.02. The number of hydrogen-bond donors (Lipinski definition) is 1. The number of nitrogens with zero attached hydrogens (tertiary/aromatic N) is 4. The summed E-state index contributed by atoms with van der Waals surface area (Å²) in [6.45, 7) is 0. The number of rotatable bonds is 1. The molecule has 0 aliphatic heterocycles. The first kappa shape index (κ1) is 10.3. The van der Waals surface area contributed by atoms with E-state index in [2.05, 4.69) is 16.0 Å². The van der Waals surface area contributed by atoms with Crippen LogP contribution in [-0.4, -0.2) is 14.5 Å². The zero-order valence-corrected chi connectivity index (χ0v) is 9.41. The Kier molecular flexibility index (Phi) is 2.21. The highest BCUT2D eigenvalue weighted by Gasteiger charge is 2.10. The maximum atomic E-state index is 8.85. The van der Waals surface area contributed by atoms with Gasteiger partial charge in [-0.1, -0.05) is 6.07 Å². The number of anilines is 1. The summed E-state index contributed by atoms with van der Waals surface area (Å²) in [5, 5.41) is 9.68. The van der Waals surface area contributed by atoms with E-state index in [1.165, 1.54) is 6.20 Å². The first-order valence-electron chi connectivity index (χ1n) is 5.38. The molecule has 0 atom stereocenters. The van der Waals surface area contributed by atoms with Gasteiger partial charge in [0.25, 0.3) is 0 Å². The number of aromatic nitrogens is 3. The third-order valence-corrected chi connectivity index (χ3v) is 2.68. The SMILES string of the molecule is N#Cc1cnc2c(c1)cc(N)n2-c1ccccn1. The van der Waals surface area contributed by atoms with Gasteiger partial charge in [0, 0.05) is 17.8 Å². The summed E-state index contributed by atoms with van der Waals surface area (Å²) < 4.78 is 1.76. The van der Waals surface area contributed by atoms with Crippen molar-refractivity contribution in [1.82, 2.24) is 14.5 Å². The fourth-order valence-corrected chi connectivity index (χ4v) is 1.90. The largest absolute Gasteiger partial charge is 0.385 e. The standard InChI is InChI=1S/C13H9N5/c14-7-9-5-10-6-11(15)18(13(10)17-8-9)12-3-1-2-4-16-12/h1-6,8H,15H2. The molecule has 2 N–H and O–H groups in total. The van der Waals surface area contributed by atoms with Crippen molar-refractivity contribution >= 4 is 16.9 Å². The zero-order valence-electron chi connectivity index (χ0n) is 9.41. The van der Waals surface area contributed by atoms with Crippen molar-refractivity contribution in [3.63, 3.8) is 0 Å². The monoisotopic (exact) mass is 235 g/mol. The van der Waals surface area contributed by atoms with E-state index < -0.39 is 0 Å². The van der Waals surface area contributed by atoms with Crippen LogP contribution in [0.1, 0.15) is 5.56 Å². The summed E-state index contributed by atoms with van der Waals surface area (Å²) >= 11 is 0. The second-order valence-electron chi connectivity index (χ2n) is 3.84. The lowest BCUT2D eigenvalue weighted by Gasteiger charge is -2.05. The Balaban J connectivity index is 2.31. The Morgan fingerprint density at radius 1 is 1.22 bits per heavy atom. The summed E-state index contributed by atoms with van der Waals surface area (Å²) in [4.78, 5) is 8.52. The van der Waals surface area contributed by atoms with Crippen LogP contribution in [0.15, 0.2) is 42.7 Å². The highest BCUT2D eigenvalue weighted by molar-refractivity contribution is 5.83. The molecule has 0 unspecified atom stereocenters. The van der Waals surface area contributed by atoms with Crippen LogP contribution in [0.3, 0.4) is 0 Å². The van der Waals surface area contributed by atoms with Crippen LogP contribution in [-0.2, 0) is 0 Å². The summed E-state index contributed by atoms with van der Waals surface area (Å²) in [5.74, 6) is 1.26. The summed E-state index contributed by atoms with van der Waals surface area (Å²) in [6.07, 6.45) is 3.23. The molecule has 3 heterocycles. The van der Waals surface area contributed by atoms with E-state index in [-0.39, 0.29) is 0 Å². The van der Waals surface area contributed by atoms with Crippen molar-refractivity contribution < 1.29 is 0 Å². The molecule has 0 radical (unpaired) electrons. The first-order valence-corrected chi connectivity index (χ1v) is 5.38. The molecule has 3 aromatic heterocycles. The normalized spacial score (nSPS) is 10.4. The number of fused-ring (bicyclic) bond motifs is 1. The number of nitrogen functional groups attached to an aromatic ring is 1. The Morgan fingerprint density at radius 3 is 2.83 bits per heavy atom. The molecule has 3 aromatic rings. The minimum absolute atomic E-state index is 0.515. The van der Waals surface area contributed by atoms with Crippen LogP contribution in [0.5, 0.6) is 0 Å². The van der Waals surface area contributed by atoms with E-state index in [1.807, 2.05) is 18.2 Å². The van der Waals surface area contributed by atoms with Gasteiger partial charge < -0.3 is 5.73 Å². The fourth-order valence-electron chi connectivity index (χ4n) is 1.90. The number of nitriles is 1. The van der Waals surface area contributed by atoms with Crippen molar-refractivity contribution in [3.05, 3.63) is 48.3 Å². The van der Waals surface area contributed by atoms with Gasteiger partial charge in [-0.2, -0.15) is 5.26 Å². The number of nitrogens with two attached hydrogens (primary N) is 1. The van der Waals surface area contributed by atoms with Gasteiger partial charge in [0.1, 0.15) is 23.4 Å². The minimum atomic E-state index is 0.515. The van der Waals surface area contributed by atoms with E-state index >= 15 is 0 Å². The van der Waals surface area contributed by atoms with Gasteiger partial charge in [-0.05, 0) is 24.3 Å². The van der Waals surface area contributed by atoms with E-state index in [0.29, 0.717) is 22.8 Å². The average Bonchev–Trinajstić information content (AvgIpc) is 2.74. The summed E-state index contributed by atoms with van der Waals surface area (Å²) in [5.41, 5.74) is 7.19. The molecule has 0 aliphatic rings. The van der Waals surface area contributed by atoms with Crippen molar-refractivity contribution in [2.75, 3.05) is 5.73 Å². The second-order valence-corrected chi connectivity index (χ2v) is 3.84. The van der Waals surface area contributed by atoms with Gasteiger partial charge in [-0.25, -0.2) is 9.97 Å². The van der Waals surface area contributed by atoms with Crippen LogP contribution in [0, 0.1) is 11.3 Å². The molecular weight excluding hydrogens is 226 g/mol. The third-order valence-electron chi connectivity index (χ3n) is 2.68. The lowest BCUT2D eigenvalue weighted by atomic mass is 10.2. The molecule has 0 bridgehead atoms. The smallest absolute Gasteiger partial charge is 0.147 e. The second kappa shape index (κ2) is 3.86. The third kappa shape index (κ3) is 1.48. The fraction of sp³-hybridized carbons (Fsp3) is 0. The predicted octanol–water partition coefficient (Wildman–Crippen LogP) is 1.87. The summed E-state index contributed by atoms with van der Waals surface area (Å²) in [7, 11) is 0. The topological polar surface area (TPSA) is 80.5 Å². The van der Waals surface area contributed by atoms with Gasteiger partial charge in [0.2, 0.25) is 0 Å². The van der Waals surface area contributed by atoms with Gasteiger partial charge >= 0.3 is 0 Å². The van der Waals surface area contributed by atoms with E-state index in [9.17, 15) is 0 Å². The molecule has 0 spiro atoms. The molecule has 3 rings (SSSR count). The molecule has 0 aliphatic carbocycles. The van der Waals surface area contributed by atoms with Gasteiger partial charge in [-0.3, -0.25) is 4.57 Å². The molecule has 18 heavy (non-hydrogen) atoms. The summed E-state index contributed by atoms with van der Waals surface area (Å²) in [6, 6.07) is 11.2. The van der Waals surface area contributed by atoms with Crippen LogP contribution in [0.2, 0.25) is 0 Å². The first-order chi connectivity index (χ1) is 8.79. The van der Waals surface area contributed by atoms with E-state index in [1.54, 1.807) is 22.9 Å². The van der Waals surface area contributed by atoms with E-state index in [0.717, 1.165) is 5.39 Å². The maximum Gasteiger partial charge on any atom is 0.147 e. The van der Waals surface area contributed by atoms with Crippen molar-refractivity contribution in [2.24, 2.45) is 0 Å². The quantitative estimate of drug-likeness (QED) is 0.698. The van der Waals surface area contributed by atoms with Crippen molar-refractivity contribution in [1.29, 1.82) is 5.26 Å².